The predicted molar refractivity (Wildman–Crippen MR) is 76.5 cm³/mol. The van der Waals surface area contributed by atoms with Crippen molar-refractivity contribution in [1.29, 1.82) is 0 Å². The molecule has 1 aliphatic rings. The third kappa shape index (κ3) is 2.13. The number of hydrogen-bond acceptors (Lipinski definition) is 4. The average Bonchev–Trinajstić information content (AvgIpc) is 2.66. The normalized spacial score (nSPS) is 15.3. The Morgan fingerprint density at radius 1 is 1.22 bits per heavy atom. The molecule has 1 aliphatic carbocycles. The SMILES string of the molecule is CN(C)Cc1nc(Cl)c2c3c(sc2n1)CCCC3. The zero-order valence-electron chi connectivity index (χ0n) is 10.7. The van der Waals surface area contributed by atoms with Gasteiger partial charge in [-0.15, -0.1) is 11.3 Å². The highest BCUT2D eigenvalue weighted by molar-refractivity contribution is 7.19. The van der Waals surface area contributed by atoms with Gasteiger partial charge < -0.3 is 4.90 Å². The number of fused-ring (bicyclic) bond motifs is 3. The molecule has 0 saturated carbocycles. The Hall–Kier alpha value is -0.710. The molecule has 0 fully saturated rings. The Morgan fingerprint density at radius 3 is 2.78 bits per heavy atom. The van der Waals surface area contributed by atoms with Gasteiger partial charge in [-0.2, -0.15) is 0 Å². The van der Waals surface area contributed by atoms with Gasteiger partial charge in [-0.3, -0.25) is 0 Å². The summed E-state index contributed by atoms with van der Waals surface area (Å²) in [6.07, 6.45) is 4.85. The summed E-state index contributed by atoms with van der Waals surface area (Å²) in [6.45, 7) is 0.734. The Labute approximate surface area is 116 Å². The van der Waals surface area contributed by atoms with Crippen molar-refractivity contribution in [2.45, 2.75) is 32.2 Å². The number of thiophene rings is 1. The molecule has 2 aromatic heterocycles. The Bertz CT molecular complexity index is 591. The molecule has 2 heterocycles. The van der Waals surface area contributed by atoms with E-state index in [0.717, 1.165) is 29.0 Å². The second kappa shape index (κ2) is 4.76. The maximum Gasteiger partial charge on any atom is 0.145 e. The standard InChI is InChI=1S/C13H16ClN3S/c1-17(2)7-10-15-12(14)11-8-5-3-4-6-9(8)18-13(11)16-10/h3-7H2,1-2H3. The zero-order chi connectivity index (χ0) is 12.7. The highest BCUT2D eigenvalue weighted by atomic mass is 35.5. The maximum atomic E-state index is 6.36. The molecule has 18 heavy (non-hydrogen) atoms. The van der Waals surface area contributed by atoms with Crippen LogP contribution in [0.3, 0.4) is 0 Å². The molecule has 0 N–H and O–H groups in total. The van der Waals surface area contributed by atoms with Gasteiger partial charge in [0.1, 0.15) is 15.8 Å². The van der Waals surface area contributed by atoms with Crippen molar-refractivity contribution in [2.75, 3.05) is 14.1 Å². The molecule has 0 unspecified atom stereocenters. The van der Waals surface area contributed by atoms with Crippen LogP contribution in [-0.4, -0.2) is 29.0 Å². The molecule has 0 atom stereocenters. The molecule has 0 aliphatic heterocycles. The Morgan fingerprint density at radius 2 is 2.00 bits per heavy atom. The van der Waals surface area contributed by atoms with Gasteiger partial charge in [0.05, 0.1) is 11.9 Å². The van der Waals surface area contributed by atoms with E-state index in [9.17, 15) is 0 Å². The fraction of sp³-hybridized carbons (Fsp3) is 0.538. The van der Waals surface area contributed by atoms with Gasteiger partial charge in [-0.25, -0.2) is 9.97 Å². The largest absolute Gasteiger partial charge is 0.302 e. The van der Waals surface area contributed by atoms with E-state index >= 15 is 0 Å². The summed E-state index contributed by atoms with van der Waals surface area (Å²) < 4.78 is 0. The molecule has 96 valence electrons. The van der Waals surface area contributed by atoms with E-state index in [-0.39, 0.29) is 0 Å². The quantitative estimate of drug-likeness (QED) is 0.791. The summed E-state index contributed by atoms with van der Waals surface area (Å²) in [5.74, 6) is 0.816. The Kier molecular flexibility index (Phi) is 3.26. The van der Waals surface area contributed by atoms with Crippen molar-refractivity contribution in [3.63, 3.8) is 0 Å². The number of rotatable bonds is 2. The lowest BCUT2D eigenvalue weighted by molar-refractivity contribution is 0.391. The van der Waals surface area contributed by atoms with Crippen LogP contribution < -0.4 is 0 Å². The van der Waals surface area contributed by atoms with Gasteiger partial charge in [0, 0.05) is 4.88 Å². The van der Waals surface area contributed by atoms with Gasteiger partial charge in [0.2, 0.25) is 0 Å². The van der Waals surface area contributed by atoms with E-state index in [1.807, 2.05) is 14.1 Å². The first-order chi connectivity index (χ1) is 8.65. The predicted octanol–water partition coefficient (Wildman–Crippen LogP) is 3.29. The Balaban J connectivity index is 2.14. The summed E-state index contributed by atoms with van der Waals surface area (Å²) in [5.41, 5.74) is 1.41. The lowest BCUT2D eigenvalue weighted by atomic mass is 9.97. The molecule has 5 heteroatoms. The van der Waals surface area contributed by atoms with Crippen molar-refractivity contribution in [2.24, 2.45) is 0 Å². The summed E-state index contributed by atoms with van der Waals surface area (Å²) in [7, 11) is 4.03. The minimum atomic E-state index is 0.635. The zero-order valence-corrected chi connectivity index (χ0v) is 12.2. The number of halogens is 1. The highest BCUT2D eigenvalue weighted by Gasteiger charge is 2.20. The first-order valence-corrected chi connectivity index (χ1v) is 7.46. The number of aryl methyl sites for hydroxylation is 2. The smallest absolute Gasteiger partial charge is 0.145 e. The summed E-state index contributed by atoms with van der Waals surface area (Å²) in [5, 5.41) is 1.75. The third-order valence-corrected chi connectivity index (χ3v) is 4.73. The van der Waals surface area contributed by atoms with E-state index in [0.29, 0.717) is 5.15 Å². The van der Waals surface area contributed by atoms with Crippen LogP contribution in [0.15, 0.2) is 0 Å². The van der Waals surface area contributed by atoms with Crippen LogP contribution in [-0.2, 0) is 19.4 Å². The maximum absolute atomic E-state index is 6.36. The summed E-state index contributed by atoms with van der Waals surface area (Å²) in [4.78, 5) is 13.7. The van der Waals surface area contributed by atoms with Gasteiger partial charge in [-0.1, -0.05) is 11.6 Å². The monoisotopic (exact) mass is 281 g/mol. The second-order valence-corrected chi connectivity index (χ2v) is 6.50. The van der Waals surface area contributed by atoms with E-state index in [2.05, 4.69) is 14.9 Å². The molecule has 0 radical (unpaired) electrons. The molecule has 0 bridgehead atoms. The van der Waals surface area contributed by atoms with Crippen LogP contribution in [0, 0.1) is 0 Å². The lowest BCUT2D eigenvalue weighted by Gasteiger charge is -2.11. The fourth-order valence-corrected chi connectivity index (χ4v) is 4.15. The molecular formula is C13H16ClN3S. The topological polar surface area (TPSA) is 29.0 Å². The molecule has 0 saturated heterocycles. The number of aromatic nitrogens is 2. The van der Waals surface area contributed by atoms with Crippen molar-refractivity contribution >= 4 is 33.2 Å². The molecular weight excluding hydrogens is 266 g/mol. The summed E-state index contributed by atoms with van der Waals surface area (Å²) in [6, 6.07) is 0. The van der Waals surface area contributed by atoms with Gasteiger partial charge >= 0.3 is 0 Å². The van der Waals surface area contributed by atoms with E-state index in [1.165, 1.54) is 29.7 Å². The lowest BCUT2D eigenvalue weighted by Crippen LogP contribution is -2.13. The average molecular weight is 282 g/mol. The van der Waals surface area contributed by atoms with E-state index in [4.69, 9.17) is 11.6 Å². The minimum Gasteiger partial charge on any atom is -0.302 e. The first-order valence-electron chi connectivity index (χ1n) is 6.26. The van der Waals surface area contributed by atoms with Gasteiger partial charge in [0.15, 0.2) is 0 Å². The van der Waals surface area contributed by atoms with Gasteiger partial charge in [-0.05, 0) is 45.3 Å². The van der Waals surface area contributed by atoms with E-state index < -0.39 is 0 Å². The van der Waals surface area contributed by atoms with Crippen LogP contribution >= 0.6 is 22.9 Å². The first kappa shape index (κ1) is 12.3. The minimum absolute atomic E-state index is 0.635. The molecule has 0 amide bonds. The number of nitrogens with zero attached hydrogens (tertiary/aromatic N) is 3. The second-order valence-electron chi connectivity index (χ2n) is 5.06. The molecule has 0 aromatic carbocycles. The molecule has 0 spiro atoms. The van der Waals surface area contributed by atoms with Gasteiger partial charge in [0.25, 0.3) is 0 Å². The van der Waals surface area contributed by atoms with Crippen molar-refractivity contribution in [1.82, 2.24) is 14.9 Å². The van der Waals surface area contributed by atoms with Crippen LogP contribution in [0.25, 0.3) is 10.2 Å². The van der Waals surface area contributed by atoms with Crippen molar-refractivity contribution < 1.29 is 0 Å². The van der Waals surface area contributed by atoms with Crippen LogP contribution in [0.1, 0.15) is 29.1 Å². The van der Waals surface area contributed by atoms with Crippen LogP contribution in [0.2, 0.25) is 5.15 Å². The van der Waals surface area contributed by atoms with Crippen molar-refractivity contribution in [3.05, 3.63) is 21.4 Å². The van der Waals surface area contributed by atoms with E-state index in [1.54, 1.807) is 11.3 Å². The number of hydrogen-bond donors (Lipinski definition) is 0. The van der Waals surface area contributed by atoms with Crippen LogP contribution in [0.5, 0.6) is 0 Å². The summed E-state index contributed by atoms with van der Waals surface area (Å²) >= 11 is 8.16. The molecule has 2 aromatic rings. The fourth-order valence-electron chi connectivity index (χ4n) is 2.51. The van der Waals surface area contributed by atoms with Crippen LogP contribution in [0.4, 0.5) is 0 Å². The molecule has 3 nitrogen and oxygen atoms in total. The highest BCUT2D eigenvalue weighted by Crippen LogP contribution is 2.38. The molecule has 3 rings (SSSR count). The third-order valence-electron chi connectivity index (χ3n) is 3.27. The van der Waals surface area contributed by atoms with Crippen molar-refractivity contribution in [3.8, 4) is 0 Å².